The minimum atomic E-state index is -6.28. The number of fused-ring (bicyclic) bond motifs is 1. The smallest absolute Gasteiger partial charge is 0.287 e. The van der Waals surface area contributed by atoms with Crippen molar-refractivity contribution in [3.8, 4) is 0 Å². The second-order valence-corrected chi connectivity index (χ2v) is 7.35. The summed E-state index contributed by atoms with van der Waals surface area (Å²) >= 11 is 0. The van der Waals surface area contributed by atoms with Gasteiger partial charge >= 0.3 is 24.7 Å². The van der Waals surface area contributed by atoms with Crippen LogP contribution in [0.15, 0.2) is 23.9 Å². The predicted molar refractivity (Wildman–Crippen MR) is 75.0 cm³/mol. The zero-order valence-electron chi connectivity index (χ0n) is 14.9. The summed E-state index contributed by atoms with van der Waals surface area (Å²) in [7, 11) is 0. The van der Waals surface area contributed by atoms with Crippen LogP contribution < -0.4 is 0 Å². The van der Waals surface area contributed by atoms with Crippen LogP contribution in [0.1, 0.15) is 27.2 Å². The Morgan fingerprint density at radius 3 is 1.52 bits per heavy atom. The minimum Gasteiger partial charge on any atom is -0.287 e. The van der Waals surface area contributed by atoms with Crippen LogP contribution in [0.5, 0.6) is 0 Å². The third-order valence-corrected chi connectivity index (χ3v) is 4.90. The molecule has 2 nitrogen and oxygen atoms in total. The van der Waals surface area contributed by atoms with Gasteiger partial charge in [0.05, 0.1) is 5.54 Å². The van der Waals surface area contributed by atoms with Crippen molar-refractivity contribution in [2.24, 2.45) is 0 Å². The fraction of sp³-hybridized carbons (Fsp3) is 0.733. The summed E-state index contributed by atoms with van der Waals surface area (Å²) in [5.74, 6) is 0. The topological polar surface area (TPSA) is 6.48 Å². The summed E-state index contributed by atoms with van der Waals surface area (Å²) in [6, 6.07) is 0. The van der Waals surface area contributed by atoms with E-state index in [9.17, 15) is 52.7 Å². The van der Waals surface area contributed by atoms with E-state index < -0.39 is 70.0 Å². The lowest BCUT2D eigenvalue weighted by molar-refractivity contribution is -0.377. The van der Waals surface area contributed by atoms with Gasteiger partial charge in [0, 0.05) is 12.6 Å². The van der Waals surface area contributed by atoms with E-state index in [1.807, 2.05) is 0 Å². The van der Waals surface area contributed by atoms with E-state index in [-0.39, 0.29) is 5.57 Å². The number of hydrogen-bond donors (Lipinski definition) is 0. The Morgan fingerprint density at radius 1 is 0.793 bits per heavy atom. The van der Waals surface area contributed by atoms with Crippen molar-refractivity contribution in [3.63, 3.8) is 0 Å². The van der Waals surface area contributed by atoms with Crippen LogP contribution in [0, 0.1) is 0 Å². The predicted octanol–water partition coefficient (Wildman–Crippen LogP) is 5.89. The second-order valence-electron chi connectivity index (χ2n) is 7.35. The molecule has 2 heterocycles. The SMILES string of the molecule is CC(C)=CC1(C)CC(C(F)(F)F)(C(F)(F)F)N2C=CC(C(F)(F)F)(C(F)(F)F)N21. The number of allylic oxidation sites excluding steroid dienone is 1. The highest BCUT2D eigenvalue weighted by atomic mass is 19.4. The standard InChI is InChI=1S/C15H14F12N2/c1-8(2)6-9(3)7-11(14(22,23)24,15(25,26)27)28-5-4-10(29(9)28,12(16,17)18)13(19,20)21/h4-6H,7H2,1-3H3. The zero-order valence-corrected chi connectivity index (χ0v) is 14.9. The highest BCUT2D eigenvalue weighted by Gasteiger charge is 2.87. The highest BCUT2D eigenvalue weighted by Crippen LogP contribution is 2.65. The van der Waals surface area contributed by atoms with Gasteiger partial charge in [0.15, 0.2) is 0 Å². The van der Waals surface area contributed by atoms with Crippen molar-refractivity contribution in [2.75, 3.05) is 0 Å². The molecule has 0 spiro atoms. The third kappa shape index (κ3) is 2.92. The van der Waals surface area contributed by atoms with Crippen LogP contribution in [-0.2, 0) is 0 Å². The maximum Gasteiger partial charge on any atom is 0.422 e. The van der Waals surface area contributed by atoms with Gasteiger partial charge in [0.2, 0.25) is 5.54 Å². The lowest BCUT2D eigenvalue weighted by atomic mass is 9.81. The molecular formula is C15H14F12N2. The summed E-state index contributed by atoms with van der Waals surface area (Å²) in [4.78, 5) is 0. The molecule has 0 aromatic carbocycles. The Bertz CT molecular complexity index is 692. The van der Waals surface area contributed by atoms with Crippen LogP contribution in [0.4, 0.5) is 52.7 Å². The van der Waals surface area contributed by atoms with Crippen LogP contribution >= 0.6 is 0 Å². The Hall–Kier alpha value is -1.60. The normalized spacial score (nSPS) is 27.3. The fourth-order valence-electron chi connectivity index (χ4n) is 4.05. The molecule has 0 aliphatic carbocycles. The number of hydrazine groups is 1. The zero-order chi connectivity index (χ0) is 23.1. The van der Waals surface area contributed by atoms with Gasteiger partial charge in [-0.05, 0) is 26.8 Å². The lowest BCUT2D eigenvalue weighted by Gasteiger charge is -2.48. The van der Waals surface area contributed by atoms with Crippen LogP contribution in [-0.4, -0.2) is 51.3 Å². The van der Waals surface area contributed by atoms with Crippen LogP contribution in [0.2, 0.25) is 0 Å². The van der Waals surface area contributed by atoms with Crippen molar-refractivity contribution in [3.05, 3.63) is 23.9 Å². The minimum absolute atomic E-state index is 0.0715. The molecule has 29 heavy (non-hydrogen) atoms. The van der Waals surface area contributed by atoms with Crippen molar-refractivity contribution in [1.29, 1.82) is 0 Å². The number of nitrogens with zero attached hydrogens (tertiary/aromatic N) is 2. The molecule has 1 unspecified atom stereocenters. The van der Waals surface area contributed by atoms with E-state index in [0.717, 1.165) is 13.8 Å². The molecule has 1 fully saturated rings. The monoisotopic (exact) mass is 450 g/mol. The highest BCUT2D eigenvalue weighted by molar-refractivity contribution is 5.34. The van der Waals surface area contributed by atoms with Gasteiger partial charge in [-0.2, -0.15) is 57.7 Å². The molecule has 0 aromatic rings. The van der Waals surface area contributed by atoms with Gasteiger partial charge < -0.3 is 0 Å². The Morgan fingerprint density at radius 2 is 1.21 bits per heavy atom. The van der Waals surface area contributed by atoms with Crippen molar-refractivity contribution >= 4 is 0 Å². The molecule has 2 aliphatic rings. The molecule has 2 rings (SSSR count). The first kappa shape index (κ1) is 23.7. The summed E-state index contributed by atoms with van der Waals surface area (Å²) in [6.45, 7) is 2.73. The molecule has 14 heteroatoms. The van der Waals surface area contributed by atoms with Crippen molar-refractivity contribution in [1.82, 2.24) is 10.0 Å². The molecule has 0 bridgehead atoms. The average molecular weight is 450 g/mol. The second kappa shape index (κ2) is 5.97. The molecule has 0 radical (unpaired) electrons. The first-order valence-corrected chi connectivity index (χ1v) is 7.80. The first-order valence-electron chi connectivity index (χ1n) is 7.80. The summed E-state index contributed by atoms with van der Waals surface area (Å²) in [5.41, 5.74) is -13.1. The number of halogens is 12. The Balaban J connectivity index is 2.97. The molecule has 1 saturated heterocycles. The summed E-state index contributed by atoms with van der Waals surface area (Å²) in [5, 5.41) is -1.90. The van der Waals surface area contributed by atoms with Gasteiger partial charge in [0.1, 0.15) is 0 Å². The van der Waals surface area contributed by atoms with E-state index in [2.05, 4.69) is 0 Å². The van der Waals surface area contributed by atoms with Gasteiger partial charge in [-0.3, -0.25) is 5.01 Å². The van der Waals surface area contributed by atoms with Crippen LogP contribution in [0.3, 0.4) is 0 Å². The van der Waals surface area contributed by atoms with Gasteiger partial charge in [-0.25, -0.2) is 0 Å². The molecule has 168 valence electrons. The maximum absolute atomic E-state index is 13.7. The number of alkyl halides is 12. The number of rotatable bonds is 1. The molecular weight excluding hydrogens is 436 g/mol. The lowest BCUT2D eigenvalue weighted by Crippen LogP contribution is -2.71. The molecule has 0 saturated carbocycles. The molecule has 1 atom stereocenters. The number of hydrogen-bond acceptors (Lipinski definition) is 2. The van der Waals surface area contributed by atoms with Crippen molar-refractivity contribution in [2.45, 2.75) is 68.5 Å². The molecule has 2 aliphatic heterocycles. The summed E-state index contributed by atoms with van der Waals surface area (Å²) in [6.07, 6.45) is -27.8. The maximum atomic E-state index is 13.7. The molecule has 0 aromatic heterocycles. The largest absolute Gasteiger partial charge is 0.422 e. The van der Waals surface area contributed by atoms with Gasteiger partial charge in [0.25, 0.3) is 5.54 Å². The summed E-state index contributed by atoms with van der Waals surface area (Å²) < 4.78 is 164. The van der Waals surface area contributed by atoms with Crippen molar-refractivity contribution < 1.29 is 52.7 Å². The third-order valence-electron chi connectivity index (χ3n) is 4.90. The quantitative estimate of drug-likeness (QED) is 0.363. The molecule has 0 amide bonds. The van der Waals surface area contributed by atoms with E-state index in [4.69, 9.17) is 0 Å². The van der Waals surface area contributed by atoms with Gasteiger partial charge in [-0.1, -0.05) is 11.6 Å². The Labute approximate surface area is 156 Å². The van der Waals surface area contributed by atoms with E-state index >= 15 is 0 Å². The fourth-order valence-corrected chi connectivity index (χ4v) is 4.05. The molecule has 0 N–H and O–H groups in total. The first-order chi connectivity index (χ1) is 12.6. The van der Waals surface area contributed by atoms with E-state index in [1.54, 1.807) is 0 Å². The van der Waals surface area contributed by atoms with E-state index in [1.165, 1.54) is 0 Å². The van der Waals surface area contributed by atoms with E-state index in [0.29, 0.717) is 13.0 Å². The van der Waals surface area contributed by atoms with Crippen LogP contribution in [0.25, 0.3) is 0 Å². The average Bonchev–Trinajstić information content (AvgIpc) is 2.91. The Kier molecular flexibility index (Phi) is 4.88. The van der Waals surface area contributed by atoms with Gasteiger partial charge in [-0.15, -0.1) is 0 Å².